The number of nitrogens with two attached hydrogens (primary N) is 1. The molecule has 0 aliphatic rings. The predicted octanol–water partition coefficient (Wildman–Crippen LogP) is 3.34. The van der Waals surface area contributed by atoms with E-state index in [4.69, 9.17) is 28.9 Å². The van der Waals surface area contributed by atoms with Gasteiger partial charge in [-0.3, -0.25) is 0 Å². The Kier molecular flexibility index (Phi) is 5.56. The lowest BCUT2D eigenvalue weighted by Gasteiger charge is -2.23. The number of halogens is 2. The molecule has 1 aromatic carbocycles. The molecule has 16 heavy (non-hydrogen) atoms. The minimum Gasteiger partial charge on any atom is -0.323 e. The smallest absolute Gasteiger partial charge is 0.0469 e. The zero-order valence-corrected chi connectivity index (χ0v) is 11.2. The molecule has 1 aromatic rings. The van der Waals surface area contributed by atoms with Crippen molar-refractivity contribution in [1.29, 1.82) is 0 Å². The van der Waals surface area contributed by atoms with E-state index in [9.17, 15) is 0 Å². The van der Waals surface area contributed by atoms with Gasteiger partial charge in [-0.25, -0.2) is 0 Å². The number of rotatable bonds is 5. The third-order valence-corrected chi connectivity index (χ3v) is 3.27. The normalized spacial score (nSPS) is 13.1. The first-order valence-electron chi connectivity index (χ1n) is 5.51. The van der Waals surface area contributed by atoms with Crippen LogP contribution in [0.2, 0.25) is 10.0 Å². The van der Waals surface area contributed by atoms with E-state index in [1.165, 1.54) is 0 Å². The number of nitrogens with zero attached hydrogens (tertiary/aromatic N) is 1. The van der Waals surface area contributed by atoms with Gasteiger partial charge in [0.2, 0.25) is 0 Å². The first-order chi connectivity index (χ1) is 7.58. The van der Waals surface area contributed by atoms with Crippen LogP contribution in [0.5, 0.6) is 0 Å². The van der Waals surface area contributed by atoms with E-state index < -0.39 is 0 Å². The van der Waals surface area contributed by atoms with Crippen LogP contribution in [0.15, 0.2) is 18.2 Å². The molecule has 0 saturated carbocycles. The summed E-state index contributed by atoms with van der Waals surface area (Å²) >= 11 is 12.0. The van der Waals surface area contributed by atoms with Crippen molar-refractivity contribution in [1.82, 2.24) is 4.90 Å². The van der Waals surface area contributed by atoms with Crippen molar-refractivity contribution in [3.63, 3.8) is 0 Å². The van der Waals surface area contributed by atoms with Crippen molar-refractivity contribution >= 4 is 23.2 Å². The van der Waals surface area contributed by atoms with Crippen LogP contribution in [0.25, 0.3) is 0 Å². The summed E-state index contributed by atoms with van der Waals surface area (Å²) in [7, 11) is 0. The molecule has 0 aromatic heterocycles. The zero-order chi connectivity index (χ0) is 12.1. The molecule has 0 radical (unpaired) electrons. The van der Waals surface area contributed by atoms with E-state index >= 15 is 0 Å². The lowest BCUT2D eigenvalue weighted by molar-refractivity contribution is 0.285. The largest absolute Gasteiger partial charge is 0.323 e. The highest BCUT2D eigenvalue weighted by Gasteiger charge is 2.13. The Bertz CT molecular complexity index is 338. The van der Waals surface area contributed by atoms with Gasteiger partial charge in [0.1, 0.15) is 0 Å². The molecule has 0 amide bonds. The quantitative estimate of drug-likeness (QED) is 0.880. The van der Waals surface area contributed by atoms with E-state index in [-0.39, 0.29) is 6.04 Å². The summed E-state index contributed by atoms with van der Waals surface area (Å²) in [6.07, 6.45) is 0. The second kappa shape index (κ2) is 6.45. The maximum absolute atomic E-state index is 6.13. The molecular formula is C12H18Cl2N2. The van der Waals surface area contributed by atoms with Gasteiger partial charge in [-0.15, -0.1) is 0 Å². The van der Waals surface area contributed by atoms with Gasteiger partial charge >= 0.3 is 0 Å². The molecular weight excluding hydrogens is 243 g/mol. The molecule has 4 heteroatoms. The fourth-order valence-electron chi connectivity index (χ4n) is 1.66. The predicted molar refractivity (Wildman–Crippen MR) is 71.2 cm³/mol. The third-order valence-electron chi connectivity index (χ3n) is 2.71. The van der Waals surface area contributed by atoms with Gasteiger partial charge in [0.05, 0.1) is 0 Å². The number of hydrogen-bond acceptors (Lipinski definition) is 2. The average Bonchev–Trinajstić information content (AvgIpc) is 2.25. The Labute approximate surface area is 107 Å². The van der Waals surface area contributed by atoms with E-state index in [1.54, 1.807) is 6.07 Å². The Hall–Kier alpha value is -0.280. The maximum Gasteiger partial charge on any atom is 0.0469 e. The molecule has 1 atom stereocenters. The number of hydrogen-bond donors (Lipinski definition) is 1. The minimum absolute atomic E-state index is 0.0651. The highest BCUT2D eigenvalue weighted by Crippen LogP contribution is 2.25. The molecule has 0 saturated heterocycles. The summed E-state index contributed by atoms with van der Waals surface area (Å²) in [5, 5.41) is 1.29. The molecule has 0 heterocycles. The summed E-state index contributed by atoms with van der Waals surface area (Å²) in [6, 6.07) is 5.40. The first kappa shape index (κ1) is 13.8. The van der Waals surface area contributed by atoms with Crippen LogP contribution in [0, 0.1) is 0 Å². The Balaban J connectivity index is 2.76. The van der Waals surface area contributed by atoms with E-state index in [0.29, 0.717) is 10.0 Å². The van der Waals surface area contributed by atoms with Crippen LogP contribution in [0.1, 0.15) is 25.5 Å². The average molecular weight is 261 g/mol. The van der Waals surface area contributed by atoms with Crippen LogP contribution in [0.3, 0.4) is 0 Å². The van der Waals surface area contributed by atoms with Gasteiger partial charge in [-0.1, -0.05) is 43.1 Å². The Morgan fingerprint density at radius 1 is 1.25 bits per heavy atom. The van der Waals surface area contributed by atoms with Crippen molar-refractivity contribution in [2.75, 3.05) is 19.6 Å². The molecule has 1 unspecified atom stereocenters. The summed E-state index contributed by atoms with van der Waals surface area (Å²) in [5.74, 6) is 0. The molecule has 90 valence electrons. The van der Waals surface area contributed by atoms with Gasteiger partial charge in [-0.2, -0.15) is 0 Å². The van der Waals surface area contributed by atoms with Crippen LogP contribution < -0.4 is 5.73 Å². The van der Waals surface area contributed by atoms with Crippen LogP contribution in [-0.4, -0.2) is 24.5 Å². The third kappa shape index (κ3) is 3.63. The molecule has 2 nitrogen and oxygen atoms in total. The minimum atomic E-state index is -0.0651. The lowest BCUT2D eigenvalue weighted by atomic mass is 10.1. The lowest BCUT2D eigenvalue weighted by Crippen LogP contribution is -2.32. The van der Waals surface area contributed by atoms with Crippen molar-refractivity contribution in [3.8, 4) is 0 Å². The van der Waals surface area contributed by atoms with Gasteiger partial charge < -0.3 is 10.6 Å². The summed E-state index contributed by atoms with van der Waals surface area (Å²) < 4.78 is 0. The Morgan fingerprint density at radius 3 is 2.38 bits per heavy atom. The standard InChI is InChI=1S/C12H18Cl2N2/c1-3-16(4-2)8-12(15)10-6-5-9(13)7-11(10)14/h5-7,12H,3-4,8,15H2,1-2H3. The number of likely N-dealkylation sites (N-methyl/N-ethyl adjacent to an activating group) is 1. The van der Waals surface area contributed by atoms with Crippen LogP contribution >= 0.6 is 23.2 Å². The SMILES string of the molecule is CCN(CC)CC(N)c1ccc(Cl)cc1Cl. The topological polar surface area (TPSA) is 29.3 Å². The van der Waals surface area contributed by atoms with Gasteiger partial charge in [0.25, 0.3) is 0 Å². The summed E-state index contributed by atoms with van der Waals surface area (Å²) in [6.45, 7) is 7.05. The van der Waals surface area contributed by atoms with E-state index in [1.807, 2.05) is 12.1 Å². The molecule has 0 bridgehead atoms. The molecule has 0 fully saturated rings. The van der Waals surface area contributed by atoms with Crippen LogP contribution in [-0.2, 0) is 0 Å². The molecule has 1 rings (SSSR count). The van der Waals surface area contributed by atoms with Gasteiger partial charge in [-0.05, 0) is 30.8 Å². The van der Waals surface area contributed by atoms with Crippen LogP contribution in [0.4, 0.5) is 0 Å². The molecule has 0 aliphatic heterocycles. The van der Waals surface area contributed by atoms with Gasteiger partial charge in [0.15, 0.2) is 0 Å². The summed E-state index contributed by atoms with van der Waals surface area (Å²) in [5.41, 5.74) is 7.09. The highest BCUT2D eigenvalue weighted by molar-refractivity contribution is 6.35. The fourth-order valence-corrected chi connectivity index (χ4v) is 2.21. The zero-order valence-electron chi connectivity index (χ0n) is 9.71. The number of benzene rings is 1. The fraction of sp³-hybridized carbons (Fsp3) is 0.500. The van der Waals surface area contributed by atoms with Crippen molar-refractivity contribution in [2.24, 2.45) is 5.73 Å². The second-order valence-electron chi connectivity index (χ2n) is 3.76. The molecule has 2 N–H and O–H groups in total. The van der Waals surface area contributed by atoms with E-state index in [2.05, 4.69) is 18.7 Å². The van der Waals surface area contributed by atoms with Crippen molar-refractivity contribution in [3.05, 3.63) is 33.8 Å². The van der Waals surface area contributed by atoms with Crippen molar-refractivity contribution in [2.45, 2.75) is 19.9 Å². The highest BCUT2D eigenvalue weighted by atomic mass is 35.5. The summed E-state index contributed by atoms with van der Waals surface area (Å²) in [4.78, 5) is 2.27. The molecule has 0 aliphatic carbocycles. The van der Waals surface area contributed by atoms with Crippen molar-refractivity contribution < 1.29 is 0 Å². The van der Waals surface area contributed by atoms with E-state index in [0.717, 1.165) is 25.2 Å². The monoisotopic (exact) mass is 260 g/mol. The maximum atomic E-state index is 6.13. The Morgan fingerprint density at radius 2 is 1.88 bits per heavy atom. The van der Waals surface area contributed by atoms with Gasteiger partial charge in [0, 0.05) is 22.6 Å². The molecule has 0 spiro atoms. The first-order valence-corrected chi connectivity index (χ1v) is 6.27. The second-order valence-corrected chi connectivity index (χ2v) is 4.60.